The summed E-state index contributed by atoms with van der Waals surface area (Å²) in [5, 5.41) is 12.1. The molecule has 0 aliphatic carbocycles. The maximum absolute atomic E-state index is 4.50. The molecule has 1 N–H and O–H groups in total. The van der Waals surface area contributed by atoms with Gasteiger partial charge in [0.2, 0.25) is 5.13 Å². The number of nitrogens with zero attached hydrogens (tertiary/aromatic N) is 5. The molecule has 0 bridgehead atoms. The standard InChI is InChI=1S/C12H20N6S/c1-12(2,3)10-15-11(19-17-10)13-7-5-6-9-16-14-8-18(9)4/h8H,5-7H2,1-4H3,(H,13,15,17). The van der Waals surface area contributed by atoms with Crippen molar-refractivity contribution in [3.05, 3.63) is 18.0 Å². The van der Waals surface area contributed by atoms with Crippen LogP contribution in [-0.2, 0) is 18.9 Å². The van der Waals surface area contributed by atoms with Crippen LogP contribution in [0.3, 0.4) is 0 Å². The van der Waals surface area contributed by atoms with Crippen LogP contribution in [0.5, 0.6) is 0 Å². The van der Waals surface area contributed by atoms with Gasteiger partial charge in [-0.15, -0.1) is 10.2 Å². The fourth-order valence-corrected chi connectivity index (χ4v) is 2.36. The number of aromatic nitrogens is 5. The van der Waals surface area contributed by atoms with Crippen LogP contribution >= 0.6 is 11.5 Å². The van der Waals surface area contributed by atoms with Crippen molar-refractivity contribution in [3.63, 3.8) is 0 Å². The molecule has 0 aliphatic rings. The molecule has 0 saturated heterocycles. The number of nitrogens with one attached hydrogen (secondary N) is 1. The highest BCUT2D eigenvalue weighted by atomic mass is 32.1. The first-order valence-corrected chi connectivity index (χ1v) is 7.15. The van der Waals surface area contributed by atoms with Crippen LogP contribution in [0.15, 0.2) is 6.33 Å². The molecule has 0 aromatic carbocycles. The first kappa shape index (κ1) is 13.9. The smallest absolute Gasteiger partial charge is 0.202 e. The summed E-state index contributed by atoms with van der Waals surface area (Å²) in [5.41, 5.74) is 0.00899. The van der Waals surface area contributed by atoms with Crippen LogP contribution < -0.4 is 5.32 Å². The zero-order chi connectivity index (χ0) is 13.9. The Balaban J connectivity index is 1.77. The molecule has 2 heterocycles. The second-order valence-electron chi connectivity index (χ2n) is 5.56. The van der Waals surface area contributed by atoms with E-state index in [1.165, 1.54) is 11.5 Å². The Morgan fingerprint density at radius 2 is 2.16 bits per heavy atom. The van der Waals surface area contributed by atoms with E-state index >= 15 is 0 Å². The Bertz CT molecular complexity index is 524. The molecular formula is C12H20N6S. The highest BCUT2D eigenvalue weighted by Crippen LogP contribution is 2.22. The van der Waals surface area contributed by atoms with Crippen LogP contribution in [0.1, 0.15) is 38.8 Å². The minimum absolute atomic E-state index is 0.00899. The molecule has 19 heavy (non-hydrogen) atoms. The van der Waals surface area contributed by atoms with Gasteiger partial charge in [0.25, 0.3) is 0 Å². The fraction of sp³-hybridized carbons (Fsp3) is 0.667. The third kappa shape index (κ3) is 3.73. The van der Waals surface area contributed by atoms with Crippen LogP contribution in [0, 0.1) is 0 Å². The minimum atomic E-state index is 0.00899. The van der Waals surface area contributed by atoms with Gasteiger partial charge < -0.3 is 9.88 Å². The topological polar surface area (TPSA) is 68.5 Å². The number of hydrogen-bond donors (Lipinski definition) is 1. The van der Waals surface area contributed by atoms with E-state index in [0.717, 1.165) is 36.2 Å². The lowest BCUT2D eigenvalue weighted by molar-refractivity contribution is 0.555. The van der Waals surface area contributed by atoms with E-state index in [0.29, 0.717) is 0 Å². The molecule has 0 atom stereocenters. The predicted molar refractivity (Wildman–Crippen MR) is 76.4 cm³/mol. The van der Waals surface area contributed by atoms with Gasteiger partial charge in [-0.25, -0.2) is 4.98 Å². The summed E-state index contributed by atoms with van der Waals surface area (Å²) in [5.74, 6) is 1.91. The monoisotopic (exact) mass is 280 g/mol. The lowest BCUT2D eigenvalue weighted by atomic mass is 9.96. The number of rotatable bonds is 5. The normalized spacial score (nSPS) is 11.8. The summed E-state index contributed by atoms with van der Waals surface area (Å²) in [4.78, 5) is 4.50. The van der Waals surface area contributed by atoms with Crippen molar-refractivity contribution in [3.8, 4) is 0 Å². The van der Waals surface area contributed by atoms with Crippen molar-refractivity contribution < 1.29 is 0 Å². The lowest BCUT2D eigenvalue weighted by Gasteiger charge is -2.12. The highest BCUT2D eigenvalue weighted by molar-refractivity contribution is 7.09. The highest BCUT2D eigenvalue weighted by Gasteiger charge is 2.19. The maximum atomic E-state index is 4.50. The number of aryl methyl sites for hydroxylation is 2. The van der Waals surface area contributed by atoms with Crippen molar-refractivity contribution in [2.24, 2.45) is 7.05 Å². The van der Waals surface area contributed by atoms with Gasteiger partial charge in [-0.2, -0.15) is 4.37 Å². The second-order valence-corrected chi connectivity index (χ2v) is 6.31. The van der Waals surface area contributed by atoms with Gasteiger partial charge in [0.1, 0.15) is 18.0 Å². The van der Waals surface area contributed by atoms with Crippen molar-refractivity contribution >= 4 is 16.7 Å². The largest absolute Gasteiger partial charge is 0.360 e. The average molecular weight is 280 g/mol. The van der Waals surface area contributed by atoms with Gasteiger partial charge in [0.05, 0.1) is 0 Å². The Morgan fingerprint density at radius 1 is 1.37 bits per heavy atom. The van der Waals surface area contributed by atoms with Crippen molar-refractivity contribution in [1.82, 2.24) is 24.1 Å². The van der Waals surface area contributed by atoms with Gasteiger partial charge in [0, 0.05) is 37.0 Å². The molecule has 0 spiro atoms. The second kappa shape index (κ2) is 5.64. The zero-order valence-corrected chi connectivity index (χ0v) is 12.7. The zero-order valence-electron chi connectivity index (χ0n) is 11.8. The van der Waals surface area contributed by atoms with Crippen LogP contribution in [-0.4, -0.2) is 30.7 Å². The van der Waals surface area contributed by atoms with Crippen LogP contribution in [0.4, 0.5) is 5.13 Å². The fourth-order valence-electron chi connectivity index (χ4n) is 1.58. The van der Waals surface area contributed by atoms with Gasteiger partial charge in [-0.1, -0.05) is 20.8 Å². The number of anilines is 1. The molecule has 6 nitrogen and oxygen atoms in total. The maximum Gasteiger partial charge on any atom is 0.202 e. The molecule has 0 fully saturated rings. The Hall–Kier alpha value is -1.50. The Kier molecular flexibility index (Phi) is 4.14. The Labute approximate surface area is 117 Å². The summed E-state index contributed by atoms with van der Waals surface area (Å²) in [7, 11) is 1.96. The van der Waals surface area contributed by atoms with Gasteiger partial charge in [-0.3, -0.25) is 0 Å². The first-order chi connectivity index (χ1) is 8.97. The quantitative estimate of drug-likeness (QED) is 0.848. The summed E-state index contributed by atoms with van der Waals surface area (Å²) in [6.07, 6.45) is 3.63. The molecule has 0 saturated carbocycles. The molecule has 0 aliphatic heterocycles. The van der Waals surface area contributed by atoms with E-state index in [4.69, 9.17) is 0 Å². The van der Waals surface area contributed by atoms with Gasteiger partial charge >= 0.3 is 0 Å². The summed E-state index contributed by atoms with van der Waals surface area (Å²) < 4.78 is 6.32. The average Bonchev–Trinajstić information content (AvgIpc) is 2.93. The molecule has 0 unspecified atom stereocenters. The van der Waals surface area contributed by atoms with E-state index in [-0.39, 0.29) is 5.41 Å². The van der Waals surface area contributed by atoms with E-state index < -0.39 is 0 Å². The number of hydrogen-bond acceptors (Lipinski definition) is 6. The SMILES string of the molecule is Cn1cnnc1CCCNc1nc(C(C)(C)C)ns1. The van der Waals surface area contributed by atoms with Crippen molar-refractivity contribution in [2.75, 3.05) is 11.9 Å². The first-order valence-electron chi connectivity index (χ1n) is 6.38. The molecule has 0 amide bonds. The summed E-state index contributed by atoms with van der Waals surface area (Å²) in [6, 6.07) is 0. The lowest BCUT2D eigenvalue weighted by Crippen LogP contribution is -2.13. The van der Waals surface area contributed by atoms with Gasteiger partial charge in [0.15, 0.2) is 0 Å². The molecular weight excluding hydrogens is 260 g/mol. The molecule has 2 rings (SSSR count). The van der Waals surface area contributed by atoms with Crippen molar-refractivity contribution in [1.29, 1.82) is 0 Å². The van der Waals surface area contributed by atoms with Crippen molar-refractivity contribution in [2.45, 2.75) is 39.0 Å². The third-order valence-corrected chi connectivity index (χ3v) is 3.43. The predicted octanol–water partition coefficient (Wildman–Crippen LogP) is 2.01. The van der Waals surface area contributed by atoms with E-state index in [1.54, 1.807) is 6.33 Å². The molecule has 104 valence electrons. The molecule has 0 radical (unpaired) electrons. The van der Waals surface area contributed by atoms with E-state index in [1.807, 2.05) is 11.6 Å². The van der Waals surface area contributed by atoms with E-state index in [9.17, 15) is 0 Å². The molecule has 2 aromatic heterocycles. The minimum Gasteiger partial charge on any atom is -0.360 e. The molecule has 7 heteroatoms. The van der Waals surface area contributed by atoms with Crippen LogP contribution in [0.25, 0.3) is 0 Å². The Morgan fingerprint density at radius 3 is 2.74 bits per heavy atom. The summed E-state index contributed by atoms with van der Waals surface area (Å²) in [6.45, 7) is 7.22. The molecule has 2 aromatic rings. The van der Waals surface area contributed by atoms with E-state index in [2.05, 4.69) is 45.6 Å². The third-order valence-electron chi connectivity index (χ3n) is 2.76. The van der Waals surface area contributed by atoms with Crippen LogP contribution in [0.2, 0.25) is 0 Å². The summed E-state index contributed by atoms with van der Waals surface area (Å²) >= 11 is 1.42. The van der Waals surface area contributed by atoms with Gasteiger partial charge in [-0.05, 0) is 6.42 Å².